The van der Waals surface area contributed by atoms with Crippen molar-refractivity contribution in [3.8, 4) is 0 Å². The molecule has 2 aliphatic rings. The minimum absolute atomic E-state index is 0.0377. The average Bonchev–Trinajstić information content (AvgIpc) is 2.35. The zero-order valence-electron chi connectivity index (χ0n) is 11.3. The lowest BCUT2D eigenvalue weighted by atomic mass is 9.58. The molecule has 0 aromatic heterocycles. The summed E-state index contributed by atoms with van der Waals surface area (Å²) in [4.78, 5) is 35.0. The fourth-order valence-electron chi connectivity index (χ4n) is 2.99. The van der Waals surface area contributed by atoms with Crippen LogP contribution < -0.4 is 0 Å². The van der Waals surface area contributed by atoms with Gasteiger partial charge in [-0.3, -0.25) is 14.4 Å². The summed E-state index contributed by atoms with van der Waals surface area (Å²) in [6.07, 6.45) is 5.14. The number of carbonyl (C=O) groups is 3. The van der Waals surface area contributed by atoms with Crippen LogP contribution in [0.25, 0.3) is 0 Å². The monoisotopic (exact) mass is 262 g/mol. The van der Waals surface area contributed by atoms with E-state index in [-0.39, 0.29) is 17.5 Å². The summed E-state index contributed by atoms with van der Waals surface area (Å²) in [5.74, 6) is -2.57. The van der Waals surface area contributed by atoms with Crippen LogP contribution in [0, 0.1) is 23.2 Å². The van der Waals surface area contributed by atoms with Gasteiger partial charge < -0.3 is 5.11 Å². The van der Waals surface area contributed by atoms with Crippen LogP contribution in [-0.4, -0.2) is 22.6 Å². The molecule has 4 atom stereocenters. The van der Waals surface area contributed by atoms with Gasteiger partial charge in [-0.1, -0.05) is 26.8 Å². The fraction of sp³-hybridized carbons (Fsp3) is 0.533. The second-order valence-electron chi connectivity index (χ2n) is 5.81. The van der Waals surface area contributed by atoms with Crippen molar-refractivity contribution in [3.63, 3.8) is 0 Å². The molecular weight excluding hydrogens is 244 g/mol. The van der Waals surface area contributed by atoms with E-state index in [9.17, 15) is 14.4 Å². The van der Waals surface area contributed by atoms with Gasteiger partial charge in [0.25, 0.3) is 0 Å². The van der Waals surface area contributed by atoms with E-state index in [0.29, 0.717) is 6.42 Å². The molecule has 0 bridgehead atoms. The average molecular weight is 262 g/mol. The number of hydrogen-bond acceptors (Lipinski definition) is 3. The first kappa shape index (κ1) is 13.7. The molecule has 0 amide bonds. The van der Waals surface area contributed by atoms with Crippen LogP contribution in [-0.2, 0) is 14.4 Å². The number of ketones is 2. The molecule has 0 heterocycles. The zero-order valence-corrected chi connectivity index (χ0v) is 11.3. The highest BCUT2D eigenvalue weighted by atomic mass is 16.4. The molecule has 0 aliphatic heterocycles. The van der Waals surface area contributed by atoms with Gasteiger partial charge in [-0.2, -0.15) is 0 Å². The standard InChI is InChI=1S/C15H18O4/c1-8(14(18)19)11-7-15(3)9(2)12(16)5-4-10(15)6-13(11)17/h4-6,8-9,11H,7H2,1-3H3,(H,18,19)/t8-,9-,11+,15-/m1/s1. The summed E-state index contributed by atoms with van der Waals surface area (Å²) in [6, 6.07) is 0. The summed E-state index contributed by atoms with van der Waals surface area (Å²) < 4.78 is 0. The van der Waals surface area contributed by atoms with Gasteiger partial charge in [0.05, 0.1) is 5.92 Å². The highest BCUT2D eigenvalue weighted by Gasteiger charge is 2.47. The summed E-state index contributed by atoms with van der Waals surface area (Å²) in [7, 11) is 0. The highest BCUT2D eigenvalue weighted by molar-refractivity contribution is 6.00. The van der Waals surface area contributed by atoms with E-state index in [1.165, 1.54) is 12.2 Å². The Morgan fingerprint density at radius 2 is 2.00 bits per heavy atom. The van der Waals surface area contributed by atoms with Crippen molar-refractivity contribution < 1.29 is 19.5 Å². The maximum Gasteiger partial charge on any atom is 0.306 e. The van der Waals surface area contributed by atoms with E-state index in [2.05, 4.69) is 0 Å². The molecule has 0 aromatic carbocycles. The molecule has 0 unspecified atom stereocenters. The first-order chi connectivity index (χ1) is 8.77. The summed E-state index contributed by atoms with van der Waals surface area (Å²) in [5.41, 5.74) is 0.409. The number of rotatable bonds is 2. The van der Waals surface area contributed by atoms with E-state index >= 15 is 0 Å². The quantitative estimate of drug-likeness (QED) is 0.826. The van der Waals surface area contributed by atoms with Gasteiger partial charge in [-0.25, -0.2) is 0 Å². The number of hydrogen-bond donors (Lipinski definition) is 1. The third kappa shape index (κ3) is 2.05. The van der Waals surface area contributed by atoms with E-state index in [1.54, 1.807) is 13.0 Å². The number of carboxylic acids is 1. The molecule has 1 N–H and O–H groups in total. The van der Waals surface area contributed by atoms with Crippen LogP contribution in [0.5, 0.6) is 0 Å². The zero-order chi connectivity index (χ0) is 14.4. The van der Waals surface area contributed by atoms with Gasteiger partial charge in [0.15, 0.2) is 11.6 Å². The molecule has 4 heteroatoms. The van der Waals surface area contributed by atoms with Crippen LogP contribution in [0.15, 0.2) is 23.8 Å². The molecule has 4 nitrogen and oxygen atoms in total. The first-order valence-electron chi connectivity index (χ1n) is 6.48. The smallest absolute Gasteiger partial charge is 0.306 e. The first-order valence-corrected chi connectivity index (χ1v) is 6.48. The molecule has 0 aromatic rings. The van der Waals surface area contributed by atoms with Gasteiger partial charge in [0.2, 0.25) is 0 Å². The summed E-state index contributed by atoms with van der Waals surface area (Å²) in [5, 5.41) is 9.10. The van der Waals surface area contributed by atoms with Crippen LogP contribution in [0.1, 0.15) is 27.2 Å². The number of aliphatic carboxylic acids is 1. The van der Waals surface area contributed by atoms with Crippen LogP contribution in [0.2, 0.25) is 0 Å². The molecule has 2 aliphatic carbocycles. The van der Waals surface area contributed by atoms with Crippen LogP contribution in [0.4, 0.5) is 0 Å². The van der Waals surface area contributed by atoms with Crippen molar-refractivity contribution in [2.45, 2.75) is 27.2 Å². The van der Waals surface area contributed by atoms with E-state index in [1.807, 2.05) is 13.8 Å². The minimum atomic E-state index is -0.968. The largest absolute Gasteiger partial charge is 0.481 e. The molecular formula is C15H18O4. The topological polar surface area (TPSA) is 71.4 Å². The normalized spacial score (nSPS) is 35.6. The summed E-state index contributed by atoms with van der Waals surface area (Å²) >= 11 is 0. The molecule has 0 saturated heterocycles. The second-order valence-corrected chi connectivity index (χ2v) is 5.81. The molecule has 2 rings (SSSR count). The van der Waals surface area contributed by atoms with Gasteiger partial charge in [0, 0.05) is 17.3 Å². The van der Waals surface area contributed by atoms with Gasteiger partial charge in [-0.05, 0) is 24.1 Å². The maximum atomic E-state index is 12.1. The predicted octanol–water partition coefficient (Wildman–Crippen LogP) is 2.00. The Morgan fingerprint density at radius 3 is 2.58 bits per heavy atom. The van der Waals surface area contributed by atoms with Crippen molar-refractivity contribution in [2.75, 3.05) is 0 Å². The van der Waals surface area contributed by atoms with Gasteiger partial charge in [0.1, 0.15) is 0 Å². The molecule has 102 valence electrons. The predicted molar refractivity (Wildman–Crippen MR) is 69.4 cm³/mol. The lowest BCUT2D eigenvalue weighted by Crippen LogP contribution is -2.43. The van der Waals surface area contributed by atoms with Crippen LogP contribution >= 0.6 is 0 Å². The molecule has 0 spiro atoms. The number of allylic oxidation sites excluding steroid dienone is 4. The number of carboxylic acid groups (broad SMARTS) is 1. The Balaban J connectivity index is 2.43. The van der Waals surface area contributed by atoms with Crippen molar-refractivity contribution in [1.29, 1.82) is 0 Å². The Morgan fingerprint density at radius 1 is 1.37 bits per heavy atom. The third-order valence-corrected chi connectivity index (χ3v) is 4.77. The second kappa shape index (κ2) is 4.44. The van der Waals surface area contributed by atoms with E-state index in [4.69, 9.17) is 5.11 Å². The minimum Gasteiger partial charge on any atom is -0.481 e. The van der Waals surface area contributed by atoms with E-state index < -0.39 is 23.2 Å². The highest BCUT2D eigenvalue weighted by Crippen LogP contribution is 2.49. The van der Waals surface area contributed by atoms with Gasteiger partial charge >= 0.3 is 5.97 Å². The lowest BCUT2D eigenvalue weighted by Gasteiger charge is -2.43. The Bertz CT molecular complexity index is 514. The van der Waals surface area contributed by atoms with Crippen molar-refractivity contribution in [2.24, 2.45) is 23.2 Å². The maximum absolute atomic E-state index is 12.1. The third-order valence-electron chi connectivity index (χ3n) is 4.77. The van der Waals surface area contributed by atoms with Gasteiger partial charge in [-0.15, -0.1) is 0 Å². The van der Waals surface area contributed by atoms with Crippen LogP contribution in [0.3, 0.4) is 0 Å². The lowest BCUT2D eigenvalue weighted by molar-refractivity contribution is -0.146. The summed E-state index contributed by atoms with van der Waals surface area (Å²) in [6.45, 7) is 5.34. The number of carbonyl (C=O) groups excluding carboxylic acids is 2. The number of fused-ring (bicyclic) bond motifs is 1. The van der Waals surface area contributed by atoms with Crippen molar-refractivity contribution in [1.82, 2.24) is 0 Å². The van der Waals surface area contributed by atoms with E-state index in [0.717, 1.165) is 5.57 Å². The Kier molecular flexibility index (Phi) is 3.20. The fourth-order valence-corrected chi connectivity index (χ4v) is 2.99. The molecule has 0 saturated carbocycles. The molecule has 19 heavy (non-hydrogen) atoms. The van der Waals surface area contributed by atoms with Crippen molar-refractivity contribution >= 4 is 17.5 Å². The Labute approximate surface area is 112 Å². The molecule has 0 radical (unpaired) electrons. The Hall–Kier alpha value is -1.71. The SMILES string of the molecule is C[C@@H]1C(=O)C=CC2=CC(=O)[C@H]([C@@H](C)C(=O)O)C[C@@]21C. The van der Waals surface area contributed by atoms with Crippen molar-refractivity contribution in [3.05, 3.63) is 23.8 Å². The molecule has 0 fully saturated rings.